The monoisotopic (exact) mass is 490 g/mol. The van der Waals surface area contributed by atoms with Crippen molar-refractivity contribution in [3.05, 3.63) is 41.2 Å². The van der Waals surface area contributed by atoms with Crippen LogP contribution in [0.25, 0.3) is 0 Å². The summed E-state index contributed by atoms with van der Waals surface area (Å²) >= 11 is 0. The second-order valence-corrected chi connectivity index (χ2v) is 12.1. The van der Waals surface area contributed by atoms with Crippen LogP contribution < -0.4 is 10.0 Å². The first-order valence-electron chi connectivity index (χ1n) is 11.8. The highest BCUT2D eigenvalue weighted by molar-refractivity contribution is 7.92. The number of methoxy groups -OCH3 is 1. The zero-order chi connectivity index (χ0) is 25.3. The first-order valence-corrected chi connectivity index (χ1v) is 13.3. The van der Waals surface area contributed by atoms with Crippen LogP contribution in [0.2, 0.25) is 0 Å². The van der Waals surface area contributed by atoms with Crippen LogP contribution in [0, 0.1) is 12.3 Å². The number of nitrogens with zero attached hydrogens (tertiary/aromatic N) is 2. The van der Waals surface area contributed by atoms with Gasteiger partial charge in [0.1, 0.15) is 5.69 Å². The Morgan fingerprint density at radius 1 is 1.15 bits per heavy atom. The third-order valence-electron chi connectivity index (χ3n) is 6.92. The van der Waals surface area contributed by atoms with E-state index in [-0.39, 0.29) is 39.8 Å². The van der Waals surface area contributed by atoms with Crippen LogP contribution in [0.4, 0.5) is 5.69 Å². The molecule has 1 aromatic heterocycles. The minimum atomic E-state index is -3.91. The van der Waals surface area contributed by atoms with E-state index in [2.05, 4.69) is 15.1 Å². The summed E-state index contributed by atoms with van der Waals surface area (Å²) in [5, 5.41) is 7.50. The molecular weight excluding hydrogens is 452 g/mol. The van der Waals surface area contributed by atoms with Crippen molar-refractivity contribution in [2.24, 2.45) is 12.5 Å². The second kappa shape index (κ2) is 10.1. The van der Waals surface area contributed by atoms with E-state index in [1.165, 1.54) is 0 Å². The van der Waals surface area contributed by atoms with Gasteiger partial charge in [-0.2, -0.15) is 5.10 Å². The van der Waals surface area contributed by atoms with Crippen molar-refractivity contribution in [2.45, 2.75) is 83.3 Å². The molecule has 188 valence electrons. The average Bonchev–Trinajstić information content (AvgIpc) is 3.08. The number of hydrogen-bond acceptors (Lipinski definition) is 5. The van der Waals surface area contributed by atoms with Crippen LogP contribution in [-0.4, -0.2) is 43.4 Å². The molecule has 1 amide bonds. The van der Waals surface area contributed by atoms with Crippen LogP contribution in [0.1, 0.15) is 81.0 Å². The first kappa shape index (κ1) is 26.2. The summed E-state index contributed by atoms with van der Waals surface area (Å²) in [7, 11) is -0.428. The summed E-state index contributed by atoms with van der Waals surface area (Å²) in [5.74, 6) is -0.322. The molecule has 1 saturated carbocycles. The molecule has 1 aliphatic carbocycles. The SMILES string of the molecule is CO[C@H]1CC[C@@H](c2c(NS(=O)(=O)c3ccc(C)cc3)c(C(=O)N[C@@H](C)C(C)(C)C)nn2C)CC1. The molecule has 0 bridgehead atoms. The number of anilines is 1. The smallest absolute Gasteiger partial charge is 0.274 e. The predicted octanol–water partition coefficient (Wildman–Crippen LogP) is 4.37. The summed E-state index contributed by atoms with van der Waals surface area (Å²) in [5.41, 5.74) is 1.90. The molecule has 1 fully saturated rings. The Kier molecular flexibility index (Phi) is 7.77. The number of rotatable bonds is 7. The van der Waals surface area contributed by atoms with E-state index < -0.39 is 15.9 Å². The number of carbonyl (C=O) groups excluding carboxylic acids is 1. The quantitative estimate of drug-likeness (QED) is 0.600. The number of sulfonamides is 1. The fourth-order valence-corrected chi connectivity index (χ4v) is 5.31. The van der Waals surface area contributed by atoms with Crippen LogP contribution in [-0.2, 0) is 21.8 Å². The minimum absolute atomic E-state index is 0.0706. The van der Waals surface area contributed by atoms with Crippen molar-refractivity contribution in [1.29, 1.82) is 0 Å². The van der Waals surface area contributed by atoms with E-state index in [9.17, 15) is 13.2 Å². The normalized spacial score (nSPS) is 20.1. The van der Waals surface area contributed by atoms with Crippen LogP contribution in [0.15, 0.2) is 29.2 Å². The molecule has 0 aliphatic heterocycles. The summed E-state index contributed by atoms with van der Waals surface area (Å²) in [6.07, 6.45) is 3.61. The largest absolute Gasteiger partial charge is 0.381 e. The maximum absolute atomic E-state index is 13.3. The number of carbonyl (C=O) groups is 1. The Bertz CT molecular complexity index is 1110. The van der Waals surface area contributed by atoms with Gasteiger partial charge < -0.3 is 10.1 Å². The summed E-state index contributed by atoms with van der Waals surface area (Å²) in [6, 6.07) is 6.51. The molecule has 3 rings (SSSR count). The highest BCUT2D eigenvalue weighted by atomic mass is 32.2. The molecule has 0 saturated heterocycles. The number of aromatic nitrogens is 2. The zero-order valence-electron chi connectivity index (χ0n) is 21.3. The van der Waals surface area contributed by atoms with Gasteiger partial charge in [0.2, 0.25) is 0 Å². The number of amides is 1. The van der Waals surface area contributed by atoms with Gasteiger partial charge in [0, 0.05) is 26.1 Å². The van der Waals surface area contributed by atoms with Gasteiger partial charge in [0.05, 0.1) is 16.7 Å². The van der Waals surface area contributed by atoms with E-state index >= 15 is 0 Å². The fourth-order valence-electron chi connectivity index (χ4n) is 4.23. The standard InChI is InChI=1S/C25H38N4O4S/c1-16-8-14-20(15-9-16)34(31,32)28-21-22(24(30)26-17(2)25(3,4)5)27-29(6)23(21)18-10-12-19(33-7)13-11-18/h8-9,14-15,17-19,28H,10-13H2,1-7H3,(H,26,30)/t17-,18-,19+/m0/s1. The Balaban J connectivity index is 2.02. The molecule has 1 atom stereocenters. The highest BCUT2D eigenvalue weighted by Crippen LogP contribution is 2.39. The number of aryl methyl sites for hydroxylation is 2. The van der Waals surface area contributed by atoms with E-state index in [1.54, 1.807) is 43.1 Å². The molecule has 2 aromatic rings. The van der Waals surface area contributed by atoms with Gasteiger partial charge in [-0.15, -0.1) is 0 Å². The van der Waals surface area contributed by atoms with Crippen molar-refractivity contribution in [2.75, 3.05) is 11.8 Å². The third kappa shape index (κ3) is 5.81. The predicted molar refractivity (Wildman–Crippen MR) is 134 cm³/mol. The maximum Gasteiger partial charge on any atom is 0.274 e. The maximum atomic E-state index is 13.3. The molecular formula is C25H38N4O4S. The molecule has 1 aromatic carbocycles. The Morgan fingerprint density at radius 2 is 1.74 bits per heavy atom. The van der Waals surface area contributed by atoms with E-state index in [4.69, 9.17) is 4.74 Å². The molecule has 2 N–H and O–H groups in total. The zero-order valence-corrected chi connectivity index (χ0v) is 22.1. The lowest BCUT2D eigenvalue weighted by molar-refractivity contribution is 0.0652. The molecule has 1 heterocycles. The van der Waals surface area contributed by atoms with Crippen molar-refractivity contribution in [3.63, 3.8) is 0 Å². The van der Waals surface area contributed by atoms with Crippen molar-refractivity contribution < 1.29 is 17.9 Å². The first-order chi connectivity index (χ1) is 15.8. The van der Waals surface area contributed by atoms with Crippen molar-refractivity contribution in [1.82, 2.24) is 15.1 Å². The van der Waals surface area contributed by atoms with Crippen molar-refractivity contribution in [3.8, 4) is 0 Å². The summed E-state index contributed by atoms with van der Waals surface area (Å²) in [4.78, 5) is 13.4. The average molecular weight is 491 g/mol. The molecule has 0 spiro atoms. The Hall–Kier alpha value is -2.39. The molecule has 8 nitrogen and oxygen atoms in total. The van der Waals surface area contributed by atoms with Gasteiger partial charge in [0.25, 0.3) is 15.9 Å². The molecule has 9 heteroatoms. The lowest BCUT2D eigenvalue weighted by atomic mass is 9.84. The van der Waals surface area contributed by atoms with Crippen LogP contribution in [0.3, 0.4) is 0 Å². The summed E-state index contributed by atoms with van der Waals surface area (Å²) in [6.45, 7) is 9.95. The molecule has 0 unspecified atom stereocenters. The lowest BCUT2D eigenvalue weighted by Gasteiger charge is -2.29. The van der Waals surface area contributed by atoms with E-state index in [0.29, 0.717) is 0 Å². The van der Waals surface area contributed by atoms with E-state index in [0.717, 1.165) is 36.9 Å². The van der Waals surface area contributed by atoms with Crippen LogP contribution >= 0.6 is 0 Å². The minimum Gasteiger partial charge on any atom is -0.381 e. The molecule has 1 aliphatic rings. The summed E-state index contributed by atoms with van der Waals surface area (Å²) < 4.78 is 36.5. The van der Waals surface area contributed by atoms with E-state index in [1.807, 2.05) is 34.6 Å². The van der Waals surface area contributed by atoms with Gasteiger partial charge in [-0.25, -0.2) is 8.42 Å². The molecule has 0 radical (unpaired) electrons. The number of nitrogens with one attached hydrogen (secondary N) is 2. The Morgan fingerprint density at radius 3 is 2.26 bits per heavy atom. The highest BCUT2D eigenvalue weighted by Gasteiger charge is 2.33. The molecule has 34 heavy (non-hydrogen) atoms. The number of hydrogen-bond donors (Lipinski definition) is 2. The van der Waals surface area contributed by atoms with Gasteiger partial charge >= 0.3 is 0 Å². The third-order valence-corrected chi connectivity index (χ3v) is 8.28. The van der Waals surface area contributed by atoms with Gasteiger partial charge in [-0.1, -0.05) is 38.5 Å². The second-order valence-electron chi connectivity index (χ2n) is 10.4. The fraction of sp³-hybridized carbons (Fsp3) is 0.600. The number of benzene rings is 1. The Labute approximate surface area is 203 Å². The van der Waals surface area contributed by atoms with Crippen LogP contribution in [0.5, 0.6) is 0 Å². The van der Waals surface area contributed by atoms with Crippen molar-refractivity contribution >= 4 is 21.6 Å². The lowest BCUT2D eigenvalue weighted by Crippen LogP contribution is -2.41. The van der Waals surface area contributed by atoms with Gasteiger partial charge in [-0.3, -0.25) is 14.2 Å². The number of ether oxygens (including phenoxy) is 1. The van der Waals surface area contributed by atoms with Gasteiger partial charge in [0.15, 0.2) is 5.69 Å². The topological polar surface area (TPSA) is 102 Å². The van der Waals surface area contributed by atoms with Gasteiger partial charge in [-0.05, 0) is 57.1 Å².